The molecule has 1 N–H and O–H groups in total. The minimum Gasteiger partial charge on any atom is -0.492 e. The predicted octanol–water partition coefficient (Wildman–Crippen LogP) is 2.95. The molecule has 2 aliphatic rings. The molecule has 1 saturated carbocycles. The van der Waals surface area contributed by atoms with Crippen LogP contribution in [0.3, 0.4) is 0 Å². The minimum atomic E-state index is -3.51. The van der Waals surface area contributed by atoms with E-state index in [2.05, 4.69) is 9.88 Å². The summed E-state index contributed by atoms with van der Waals surface area (Å²) in [6.45, 7) is 2.22. The van der Waals surface area contributed by atoms with Gasteiger partial charge in [-0.1, -0.05) is 11.3 Å². The molecule has 0 atom stereocenters. The molecule has 1 aliphatic carbocycles. The van der Waals surface area contributed by atoms with Gasteiger partial charge in [-0.3, -0.25) is 4.79 Å². The van der Waals surface area contributed by atoms with Crippen molar-refractivity contribution in [3.8, 4) is 5.75 Å². The van der Waals surface area contributed by atoms with Crippen molar-refractivity contribution in [1.29, 1.82) is 0 Å². The number of aliphatic hydroxyl groups is 1. The summed E-state index contributed by atoms with van der Waals surface area (Å²) in [5.41, 5.74) is 0.660. The van der Waals surface area contributed by atoms with Crippen LogP contribution in [0.4, 0.5) is 9.52 Å². The second-order valence-corrected chi connectivity index (χ2v) is 12.3. The van der Waals surface area contributed by atoms with Gasteiger partial charge in [0.2, 0.25) is 0 Å². The van der Waals surface area contributed by atoms with E-state index in [0.717, 1.165) is 34.4 Å². The standard InChI is InChI=1S/C24H26FN3O5S2/c1-35(31,32)17-3-5-20(33-15-24(14-29)6-7-24)18(13-17)22(30)27-8-10-28(11-9-27)23-26-19-4-2-16(25)12-21(19)34-23/h2-5,12-13,29H,6-11,14-15H2,1H3. The van der Waals surface area contributed by atoms with Crippen LogP contribution in [0.25, 0.3) is 10.2 Å². The molecule has 2 heterocycles. The van der Waals surface area contributed by atoms with Crippen LogP contribution >= 0.6 is 11.3 Å². The monoisotopic (exact) mass is 519 g/mol. The molecule has 5 rings (SSSR count). The van der Waals surface area contributed by atoms with E-state index in [1.165, 1.54) is 41.7 Å². The number of sulfone groups is 1. The van der Waals surface area contributed by atoms with Crippen molar-refractivity contribution < 1.29 is 27.4 Å². The number of thiazole rings is 1. The molecule has 1 aliphatic heterocycles. The number of aromatic nitrogens is 1. The molecule has 0 unspecified atom stereocenters. The molecular weight excluding hydrogens is 493 g/mol. The summed E-state index contributed by atoms with van der Waals surface area (Å²) in [7, 11) is -3.51. The van der Waals surface area contributed by atoms with Gasteiger partial charge in [-0.15, -0.1) is 0 Å². The molecule has 0 bridgehead atoms. The Hall–Kier alpha value is -2.76. The Balaban J connectivity index is 1.33. The lowest BCUT2D eigenvalue weighted by Gasteiger charge is -2.35. The fourth-order valence-electron chi connectivity index (χ4n) is 4.08. The van der Waals surface area contributed by atoms with E-state index in [9.17, 15) is 22.7 Å². The summed E-state index contributed by atoms with van der Waals surface area (Å²) in [5, 5.41) is 10.4. The molecular formula is C24H26FN3O5S2. The van der Waals surface area contributed by atoms with Crippen LogP contribution in [-0.4, -0.2) is 75.0 Å². The highest BCUT2D eigenvalue weighted by Gasteiger charge is 2.43. The number of anilines is 1. The lowest BCUT2D eigenvalue weighted by Crippen LogP contribution is -2.48. The van der Waals surface area contributed by atoms with Crippen LogP contribution in [0.1, 0.15) is 23.2 Å². The van der Waals surface area contributed by atoms with Gasteiger partial charge in [0.25, 0.3) is 5.91 Å². The number of amides is 1. The number of nitrogens with zero attached hydrogens (tertiary/aromatic N) is 3. The van der Waals surface area contributed by atoms with Gasteiger partial charge >= 0.3 is 0 Å². The molecule has 186 valence electrons. The molecule has 2 aromatic carbocycles. The largest absolute Gasteiger partial charge is 0.492 e. The van der Waals surface area contributed by atoms with Crippen LogP contribution in [0.15, 0.2) is 41.3 Å². The van der Waals surface area contributed by atoms with Crippen molar-refractivity contribution in [1.82, 2.24) is 9.88 Å². The number of rotatable bonds is 7. The number of ether oxygens (including phenoxy) is 1. The Morgan fingerprint density at radius 2 is 1.91 bits per heavy atom. The van der Waals surface area contributed by atoms with Gasteiger partial charge in [0, 0.05) is 37.8 Å². The molecule has 2 fully saturated rings. The average Bonchev–Trinajstić information content (AvgIpc) is 3.51. The highest BCUT2D eigenvalue weighted by atomic mass is 32.2. The lowest BCUT2D eigenvalue weighted by atomic mass is 10.1. The number of piperazine rings is 1. The number of aliphatic hydroxyl groups excluding tert-OH is 1. The first-order valence-electron chi connectivity index (χ1n) is 11.4. The molecule has 8 nitrogen and oxygen atoms in total. The number of halogens is 1. The SMILES string of the molecule is CS(=O)(=O)c1ccc(OCC2(CO)CC2)c(C(=O)N2CCN(c3nc4ccc(F)cc4s3)CC2)c1. The van der Waals surface area contributed by atoms with Crippen LogP contribution in [0.2, 0.25) is 0 Å². The summed E-state index contributed by atoms with van der Waals surface area (Å²) in [4.78, 5) is 21.8. The van der Waals surface area contributed by atoms with Gasteiger partial charge in [0.15, 0.2) is 15.0 Å². The Morgan fingerprint density at radius 3 is 2.57 bits per heavy atom. The minimum absolute atomic E-state index is 0.0120. The molecule has 11 heteroatoms. The second kappa shape index (κ2) is 9.03. The summed E-state index contributed by atoms with van der Waals surface area (Å²) in [6, 6.07) is 8.85. The van der Waals surface area contributed by atoms with Gasteiger partial charge in [0.05, 0.1) is 33.9 Å². The first kappa shape index (κ1) is 24.0. The maximum atomic E-state index is 13.5. The smallest absolute Gasteiger partial charge is 0.257 e. The van der Waals surface area contributed by atoms with E-state index in [0.29, 0.717) is 31.9 Å². The summed E-state index contributed by atoms with van der Waals surface area (Å²) >= 11 is 1.41. The van der Waals surface area contributed by atoms with E-state index in [1.54, 1.807) is 11.0 Å². The topological polar surface area (TPSA) is 100 Å². The van der Waals surface area contributed by atoms with Crippen LogP contribution < -0.4 is 9.64 Å². The lowest BCUT2D eigenvalue weighted by molar-refractivity contribution is 0.0739. The first-order valence-corrected chi connectivity index (χ1v) is 14.1. The third kappa shape index (κ3) is 4.98. The van der Waals surface area contributed by atoms with Crippen molar-refractivity contribution in [2.24, 2.45) is 5.41 Å². The Labute approximate surface area is 206 Å². The van der Waals surface area contributed by atoms with E-state index in [4.69, 9.17) is 4.74 Å². The Kier molecular flexibility index (Phi) is 6.18. The number of carbonyl (C=O) groups is 1. The van der Waals surface area contributed by atoms with E-state index < -0.39 is 9.84 Å². The molecule has 0 radical (unpaired) electrons. The van der Waals surface area contributed by atoms with Crippen molar-refractivity contribution in [3.63, 3.8) is 0 Å². The Morgan fingerprint density at radius 1 is 1.17 bits per heavy atom. The fourth-order valence-corrected chi connectivity index (χ4v) is 5.77. The zero-order chi connectivity index (χ0) is 24.8. The zero-order valence-corrected chi connectivity index (χ0v) is 20.9. The van der Waals surface area contributed by atoms with Crippen molar-refractivity contribution >= 4 is 42.4 Å². The summed E-state index contributed by atoms with van der Waals surface area (Å²) in [6.07, 6.45) is 2.81. The number of fused-ring (bicyclic) bond motifs is 1. The highest BCUT2D eigenvalue weighted by molar-refractivity contribution is 7.90. The number of hydrogen-bond donors (Lipinski definition) is 1. The quantitative estimate of drug-likeness (QED) is 0.512. The third-order valence-electron chi connectivity index (χ3n) is 6.61. The zero-order valence-electron chi connectivity index (χ0n) is 19.2. The normalized spacial score (nSPS) is 17.6. The Bertz CT molecular complexity index is 1380. The molecule has 0 spiro atoms. The van der Waals surface area contributed by atoms with E-state index in [1.807, 2.05) is 0 Å². The maximum Gasteiger partial charge on any atom is 0.257 e. The van der Waals surface area contributed by atoms with Crippen LogP contribution in [0.5, 0.6) is 5.75 Å². The van der Waals surface area contributed by atoms with Gasteiger partial charge in [-0.2, -0.15) is 0 Å². The van der Waals surface area contributed by atoms with Crippen molar-refractivity contribution in [3.05, 3.63) is 47.8 Å². The number of hydrogen-bond acceptors (Lipinski definition) is 8. The maximum absolute atomic E-state index is 13.5. The van der Waals surface area contributed by atoms with Gasteiger partial charge in [-0.25, -0.2) is 17.8 Å². The predicted molar refractivity (Wildman–Crippen MR) is 131 cm³/mol. The van der Waals surface area contributed by atoms with Crippen LogP contribution in [-0.2, 0) is 9.84 Å². The number of carbonyl (C=O) groups excluding carboxylic acids is 1. The molecule has 1 amide bonds. The van der Waals surface area contributed by atoms with Gasteiger partial charge in [0.1, 0.15) is 11.6 Å². The average molecular weight is 520 g/mol. The van der Waals surface area contributed by atoms with Crippen molar-refractivity contribution in [2.75, 3.05) is 50.5 Å². The molecule has 1 saturated heterocycles. The van der Waals surface area contributed by atoms with Crippen molar-refractivity contribution in [2.45, 2.75) is 17.7 Å². The summed E-state index contributed by atoms with van der Waals surface area (Å²) in [5.74, 6) is -0.285. The van der Waals surface area contributed by atoms with E-state index in [-0.39, 0.29) is 40.8 Å². The summed E-state index contributed by atoms with van der Waals surface area (Å²) < 4.78 is 44.5. The first-order chi connectivity index (χ1) is 16.7. The highest BCUT2D eigenvalue weighted by Crippen LogP contribution is 2.45. The van der Waals surface area contributed by atoms with Gasteiger partial charge in [-0.05, 0) is 49.2 Å². The van der Waals surface area contributed by atoms with Gasteiger partial charge < -0.3 is 19.6 Å². The molecule has 3 aromatic rings. The second-order valence-electron chi connectivity index (χ2n) is 9.26. The van der Waals surface area contributed by atoms with E-state index >= 15 is 0 Å². The fraction of sp³-hybridized carbons (Fsp3) is 0.417. The molecule has 35 heavy (non-hydrogen) atoms. The third-order valence-corrected chi connectivity index (χ3v) is 8.80. The molecule has 1 aromatic heterocycles. The number of benzene rings is 2. The van der Waals surface area contributed by atoms with Crippen LogP contribution in [0, 0.1) is 11.2 Å².